The fourth-order valence-electron chi connectivity index (χ4n) is 2.66. The van der Waals surface area contributed by atoms with Gasteiger partial charge >= 0.3 is 0 Å². The maximum absolute atomic E-state index is 3.85. The van der Waals surface area contributed by atoms with Gasteiger partial charge in [0.15, 0.2) is 0 Å². The molecule has 3 rings (SSSR count). The molecule has 0 fully saturated rings. The van der Waals surface area contributed by atoms with Gasteiger partial charge in [-0.2, -0.15) is 0 Å². The number of halogens is 2. The van der Waals surface area contributed by atoms with Crippen LogP contribution in [0.25, 0.3) is 0 Å². The summed E-state index contributed by atoms with van der Waals surface area (Å²) in [5.41, 5.74) is 5.74. The first-order chi connectivity index (χ1) is 8.75. The van der Waals surface area contributed by atoms with Crippen molar-refractivity contribution in [1.29, 1.82) is 0 Å². The monoisotopic (exact) mass is 364 g/mol. The Balaban J connectivity index is 2.09. The Bertz CT molecular complexity index is 511. The van der Waals surface area contributed by atoms with Gasteiger partial charge < -0.3 is 0 Å². The van der Waals surface area contributed by atoms with Crippen molar-refractivity contribution in [2.24, 2.45) is 0 Å². The minimum atomic E-state index is 0.412. The molecule has 2 aromatic carbocycles. The van der Waals surface area contributed by atoms with Crippen molar-refractivity contribution in [2.75, 3.05) is 0 Å². The van der Waals surface area contributed by atoms with Crippen LogP contribution in [0.15, 0.2) is 48.5 Å². The molecule has 0 saturated heterocycles. The van der Waals surface area contributed by atoms with Crippen molar-refractivity contribution in [2.45, 2.75) is 22.5 Å². The molecule has 0 saturated carbocycles. The van der Waals surface area contributed by atoms with E-state index in [-0.39, 0.29) is 0 Å². The summed E-state index contributed by atoms with van der Waals surface area (Å²) in [4.78, 5) is 0.824. The Labute approximate surface area is 125 Å². The molecule has 0 spiro atoms. The maximum Gasteiger partial charge on any atom is 0.0438 e. The van der Waals surface area contributed by atoms with Crippen molar-refractivity contribution >= 4 is 31.9 Å². The predicted molar refractivity (Wildman–Crippen MR) is 83.6 cm³/mol. The molecular weight excluding hydrogens is 352 g/mol. The third-order valence-electron chi connectivity index (χ3n) is 3.58. The van der Waals surface area contributed by atoms with Gasteiger partial charge in [-0.05, 0) is 35.1 Å². The van der Waals surface area contributed by atoms with Crippen LogP contribution in [0.5, 0.6) is 0 Å². The minimum absolute atomic E-state index is 0.412. The summed E-state index contributed by atoms with van der Waals surface area (Å²) >= 11 is 7.69. The van der Waals surface area contributed by atoms with Crippen LogP contribution in [0.1, 0.15) is 31.9 Å². The fourth-order valence-corrected chi connectivity index (χ4v) is 4.25. The van der Waals surface area contributed by atoms with E-state index in [9.17, 15) is 0 Å². The molecule has 0 bridgehead atoms. The Morgan fingerprint density at radius 1 is 0.667 bits per heavy atom. The summed E-state index contributed by atoms with van der Waals surface area (Å²) in [6, 6.07) is 17.5. The molecule has 2 atom stereocenters. The number of hydrogen-bond donors (Lipinski definition) is 0. The summed E-state index contributed by atoms with van der Waals surface area (Å²) in [5, 5.41) is 0. The number of rotatable bonds is 0. The highest BCUT2D eigenvalue weighted by Crippen LogP contribution is 2.39. The summed E-state index contributed by atoms with van der Waals surface area (Å²) in [6.07, 6.45) is 2.10. The number of benzene rings is 2. The topological polar surface area (TPSA) is 0 Å². The van der Waals surface area contributed by atoms with Crippen LogP contribution in [-0.4, -0.2) is 0 Å². The quantitative estimate of drug-likeness (QED) is 0.551. The van der Waals surface area contributed by atoms with Crippen molar-refractivity contribution in [3.8, 4) is 0 Å². The molecular formula is C16H14Br2. The molecule has 0 radical (unpaired) electrons. The Morgan fingerprint density at radius 2 is 1.06 bits per heavy atom. The molecule has 0 nitrogen and oxygen atoms in total. The molecule has 0 aliphatic heterocycles. The smallest absolute Gasteiger partial charge is 0.0438 e. The molecule has 1 aliphatic rings. The van der Waals surface area contributed by atoms with Crippen molar-refractivity contribution in [3.05, 3.63) is 70.8 Å². The molecule has 2 aromatic rings. The average molecular weight is 366 g/mol. The Morgan fingerprint density at radius 3 is 1.50 bits per heavy atom. The number of fused-ring (bicyclic) bond motifs is 2. The zero-order valence-electron chi connectivity index (χ0n) is 9.94. The van der Waals surface area contributed by atoms with Crippen molar-refractivity contribution in [1.82, 2.24) is 0 Å². The van der Waals surface area contributed by atoms with Crippen molar-refractivity contribution < 1.29 is 0 Å². The molecule has 92 valence electrons. The van der Waals surface area contributed by atoms with Crippen LogP contribution >= 0.6 is 31.9 Å². The van der Waals surface area contributed by atoms with Gasteiger partial charge in [0.2, 0.25) is 0 Å². The van der Waals surface area contributed by atoms with E-state index in [2.05, 4.69) is 80.4 Å². The molecule has 18 heavy (non-hydrogen) atoms. The van der Waals surface area contributed by atoms with E-state index in [1.54, 1.807) is 0 Å². The van der Waals surface area contributed by atoms with Gasteiger partial charge in [-0.3, -0.25) is 0 Å². The Hall–Kier alpha value is -0.600. The van der Waals surface area contributed by atoms with Crippen LogP contribution in [0.3, 0.4) is 0 Å². The van der Waals surface area contributed by atoms with E-state index in [0.717, 1.165) is 12.8 Å². The second-order valence-corrected chi connectivity index (χ2v) is 6.95. The molecule has 0 heterocycles. The minimum Gasteiger partial charge on any atom is -0.0835 e. The van der Waals surface area contributed by atoms with Gasteiger partial charge in [-0.15, -0.1) is 0 Å². The van der Waals surface area contributed by atoms with Crippen molar-refractivity contribution in [3.63, 3.8) is 0 Å². The summed E-state index contributed by atoms with van der Waals surface area (Å²) in [6.45, 7) is 0. The van der Waals surface area contributed by atoms with E-state index in [4.69, 9.17) is 0 Å². The van der Waals surface area contributed by atoms with E-state index >= 15 is 0 Å². The summed E-state index contributed by atoms with van der Waals surface area (Å²) in [5.74, 6) is 0. The highest BCUT2D eigenvalue weighted by atomic mass is 79.9. The van der Waals surface area contributed by atoms with Gasteiger partial charge in [-0.25, -0.2) is 0 Å². The zero-order chi connectivity index (χ0) is 12.5. The first kappa shape index (κ1) is 12.4. The third-order valence-corrected chi connectivity index (χ3v) is 5.22. The van der Waals surface area contributed by atoms with E-state index < -0.39 is 0 Å². The van der Waals surface area contributed by atoms with E-state index in [0.29, 0.717) is 9.65 Å². The molecule has 0 amide bonds. The third kappa shape index (κ3) is 2.28. The highest BCUT2D eigenvalue weighted by Gasteiger charge is 2.22. The fraction of sp³-hybridized carbons (Fsp3) is 0.250. The molecule has 1 aliphatic carbocycles. The van der Waals surface area contributed by atoms with Gasteiger partial charge in [-0.1, -0.05) is 80.4 Å². The average Bonchev–Trinajstić information content (AvgIpc) is 2.38. The predicted octanol–water partition coefficient (Wildman–Crippen LogP) is 5.36. The van der Waals surface area contributed by atoms with Crippen LogP contribution in [-0.2, 0) is 12.8 Å². The number of hydrogen-bond acceptors (Lipinski definition) is 0. The first-order valence-electron chi connectivity index (χ1n) is 6.19. The lowest BCUT2D eigenvalue weighted by molar-refractivity contribution is 0.830. The van der Waals surface area contributed by atoms with Crippen LogP contribution in [0, 0.1) is 0 Å². The summed E-state index contributed by atoms with van der Waals surface area (Å²) in [7, 11) is 0. The lowest BCUT2D eigenvalue weighted by atomic mass is 9.89. The molecule has 2 heteroatoms. The first-order valence-corrected chi connectivity index (χ1v) is 8.02. The molecule has 0 N–H and O–H groups in total. The summed E-state index contributed by atoms with van der Waals surface area (Å²) < 4.78 is 0. The maximum atomic E-state index is 3.85. The standard InChI is InChI=1S/C16H14Br2/c17-15-9-11-5-1-3-7-13(11)16(18)10-12-6-2-4-8-14(12)15/h1-8,15-16H,9-10H2. The van der Waals surface area contributed by atoms with Crippen LogP contribution in [0.2, 0.25) is 0 Å². The van der Waals surface area contributed by atoms with Gasteiger partial charge in [0.25, 0.3) is 0 Å². The van der Waals surface area contributed by atoms with Crippen LogP contribution in [0.4, 0.5) is 0 Å². The van der Waals surface area contributed by atoms with Gasteiger partial charge in [0.05, 0.1) is 0 Å². The van der Waals surface area contributed by atoms with Gasteiger partial charge in [0.1, 0.15) is 0 Å². The van der Waals surface area contributed by atoms with Gasteiger partial charge in [0, 0.05) is 9.65 Å². The molecule has 0 aromatic heterocycles. The highest BCUT2D eigenvalue weighted by molar-refractivity contribution is 9.09. The second-order valence-electron chi connectivity index (χ2n) is 4.74. The second kappa shape index (κ2) is 5.18. The normalized spacial score (nSPS) is 22.6. The Kier molecular flexibility index (Phi) is 3.58. The number of alkyl halides is 2. The van der Waals surface area contributed by atoms with E-state index in [1.165, 1.54) is 22.3 Å². The zero-order valence-corrected chi connectivity index (χ0v) is 13.1. The van der Waals surface area contributed by atoms with Crippen LogP contribution < -0.4 is 0 Å². The molecule has 2 unspecified atom stereocenters. The SMILES string of the molecule is BrC1Cc2ccccc2C(Br)Cc2ccccc21. The van der Waals surface area contributed by atoms with E-state index in [1.807, 2.05) is 0 Å². The lowest BCUT2D eigenvalue weighted by Gasteiger charge is -2.24. The largest absolute Gasteiger partial charge is 0.0835 e. The lowest BCUT2D eigenvalue weighted by Crippen LogP contribution is -2.10.